The number of rotatable bonds is 4. The van der Waals surface area contributed by atoms with Gasteiger partial charge < -0.3 is 10.1 Å². The molecule has 0 aliphatic carbocycles. The predicted molar refractivity (Wildman–Crippen MR) is 68.3 cm³/mol. The Morgan fingerprint density at radius 3 is 2.94 bits per heavy atom. The van der Waals surface area contributed by atoms with Crippen molar-refractivity contribution in [2.45, 2.75) is 19.4 Å². The molecule has 0 aliphatic rings. The van der Waals surface area contributed by atoms with Gasteiger partial charge in [-0.3, -0.25) is 0 Å². The third-order valence-corrected chi connectivity index (χ3v) is 2.82. The second-order valence-corrected chi connectivity index (χ2v) is 4.10. The van der Waals surface area contributed by atoms with Crippen molar-refractivity contribution in [2.75, 3.05) is 14.2 Å². The van der Waals surface area contributed by atoms with Crippen LogP contribution in [0.25, 0.3) is 10.9 Å². The molecule has 90 valence electrons. The topological polar surface area (TPSA) is 47.0 Å². The van der Waals surface area contributed by atoms with Crippen molar-refractivity contribution in [1.82, 2.24) is 15.3 Å². The molecule has 4 heteroatoms. The Kier molecular flexibility index (Phi) is 3.54. The van der Waals surface area contributed by atoms with Gasteiger partial charge in [0.15, 0.2) is 0 Å². The second-order valence-electron chi connectivity index (χ2n) is 4.10. The van der Waals surface area contributed by atoms with Crippen molar-refractivity contribution in [3.8, 4) is 5.75 Å². The highest BCUT2D eigenvalue weighted by Gasteiger charge is 2.05. The van der Waals surface area contributed by atoms with E-state index in [0.717, 1.165) is 28.9 Å². The first-order chi connectivity index (χ1) is 8.22. The van der Waals surface area contributed by atoms with Crippen molar-refractivity contribution >= 4 is 10.9 Å². The first-order valence-electron chi connectivity index (χ1n) is 5.70. The second kappa shape index (κ2) is 5.10. The van der Waals surface area contributed by atoms with Crippen LogP contribution in [0.4, 0.5) is 0 Å². The van der Waals surface area contributed by atoms with Gasteiger partial charge in [0.1, 0.15) is 11.6 Å². The number of hydrogen-bond acceptors (Lipinski definition) is 4. The summed E-state index contributed by atoms with van der Waals surface area (Å²) in [5.74, 6) is 1.68. The lowest BCUT2D eigenvalue weighted by atomic mass is 10.2. The average molecular weight is 231 g/mol. The van der Waals surface area contributed by atoms with Crippen LogP contribution in [0.1, 0.15) is 12.7 Å². The summed E-state index contributed by atoms with van der Waals surface area (Å²) in [6.45, 7) is 2.11. The molecule has 0 fully saturated rings. The van der Waals surface area contributed by atoms with Gasteiger partial charge in [0.25, 0.3) is 0 Å². The fourth-order valence-corrected chi connectivity index (χ4v) is 1.64. The molecule has 0 radical (unpaired) electrons. The summed E-state index contributed by atoms with van der Waals surface area (Å²) in [6, 6.07) is 6.20. The smallest absolute Gasteiger partial charge is 0.130 e. The molecule has 1 aromatic heterocycles. The van der Waals surface area contributed by atoms with Crippen LogP contribution in [0.3, 0.4) is 0 Å². The van der Waals surface area contributed by atoms with Crippen LogP contribution < -0.4 is 10.1 Å². The summed E-state index contributed by atoms with van der Waals surface area (Å²) in [5.41, 5.74) is 0.928. The van der Waals surface area contributed by atoms with Gasteiger partial charge in [-0.05, 0) is 26.1 Å². The molecule has 1 atom stereocenters. The van der Waals surface area contributed by atoms with Gasteiger partial charge >= 0.3 is 0 Å². The van der Waals surface area contributed by atoms with Crippen LogP contribution in [0.2, 0.25) is 0 Å². The number of hydrogen-bond donors (Lipinski definition) is 1. The van der Waals surface area contributed by atoms with Crippen LogP contribution in [-0.2, 0) is 6.42 Å². The lowest BCUT2D eigenvalue weighted by Crippen LogP contribution is -2.24. The highest BCUT2D eigenvalue weighted by atomic mass is 16.5. The van der Waals surface area contributed by atoms with Gasteiger partial charge in [0, 0.05) is 30.1 Å². The van der Waals surface area contributed by atoms with Gasteiger partial charge in [-0.25, -0.2) is 9.97 Å². The summed E-state index contributed by atoms with van der Waals surface area (Å²) in [4.78, 5) is 8.90. The van der Waals surface area contributed by atoms with E-state index < -0.39 is 0 Å². The van der Waals surface area contributed by atoms with Crippen molar-refractivity contribution in [3.63, 3.8) is 0 Å². The van der Waals surface area contributed by atoms with Crippen molar-refractivity contribution < 1.29 is 4.74 Å². The summed E-state index contributed by atoms with van der Waals surface area (Å²) >= 11 is 0. The molecule has 1 heterocycles. The summed E-state index contributed by atoms with van der Waals surface area (Å²) in [6.07, 6.45) is 2.68. The highest BCUT2D eigenvalue weighted by molar-refractivity contribution is 5.79. The van der Waals surface area contributed by atoms with Crippen molar-refractivity contribution in [2.24, 2.45) is 0 Å². The van der Waals surface area contributed by atoms with E-state index in [2.05, 4.69) is 22.2 Å². The quantitative estimate of drug-likeness (QED) is 0.871. The minimum Gasteiger partial charge on any atom is -0.497 e. The minimum atomic E-state index is 0.373. The molecule has 0 saturated carbocycles. The third kappa shape index (κ3) is 2.71. The van der Waals surface area contributed by atoms with Crippen LogP contribution >= 0.6 is 0 Å². The summed E-state index contributed by atoms with van der Waals surface area (Å²) < 4.78 is 5.19. The average Bonchev–Trinajstić information content (AvgIpc) is 2.37. The summed E-state index contributed by atoms with van der Waals surface area (Å²) in [5, 5.41) is 4.21. The lowest BCUT2D eigenvalue weighted by molar-refractivity contribution is 0.415. The number of likely N-dealkylation sites (N-methyl/N-ethyl adjacent to an activating group) is 1. The molecule has 2 aromatic rings. The molecule has 1 aromatic carbocycles. The molecule has 2 rings (SSSR count). The molecule has 17 heavy (non-hydrogen) atoms. The van der Waals surface area contributed by atoms with Gasteiger partial charge in [-0.1, -0.05) is 0 Å². The number of nitrogens with zero attached hydrogens (tertiary/aromatic N) is 2. The van der Waals surface area contributed by atoms with Gasteiger partial charge in [-0.15, -0.1) is 0 Å². The zero-order valence-corrected chi connectivity index (χ0v) is 10.4. The Morgan fingerprint density at radius 1 is 1.41 bits per heavy atom. The Bertz CT molecular complexity index is 513. The van der Waals surface area contributed by atoms with Gasteiger partial charge in [-0.2, -0.15) is 0 Å². The molecule has 1 unspecified atom stereocenters. The van der Waals surface area contributed by atoms with E-state index in [9.17, 15) is 0 Å². The van der Waals surface area contributed by atoms with E-state index >= 15 is 0 Å². The first-order valence-corrected chi connectivity index (χ1v) is 5.70. The van der Waals surface area contributed by atoms with Crippen LogP contribution in [0.5, 0.6) is 5.75 Å². The van der Waals surface area contributed by atoms with E-state index in [1.165, 1.54) is 0 Å². The van der Waals surface area contributed by atoms with Gasteiger partial charge in [0.05, 0.1) is 12.6 Å². The zero-order chi connectivity index (χ0) is 12.3. The minimum absolute atomic E-state index is 0.373. The fraction of sp³-hybridized carbons (Fsp3) is 0.385. The van der Waals surface area contributed by atoms with E-state index in [1.807, 2.05) is 31.4 Å². The molecule has 0 bridgehead atoms. The lowest BCUT2D eigenvalue weighted by Gasteiger charge is -2.09. The molecular formula is C13H17N3O. The fourth-order valence-electron chi connectivity index (χ4n) is 1.64. The molecule has 1 N–H and O–H groups in total. The largest absolute Gasteiger partial charge is 0.497 e. The Balaban J connectivity index is 2.34. The maximum absolute atomic E-state index is 5.19. The van der Waals surface area contributed by atoms with E-state index in [-0.39, 0.29) is 0 Å². The van der Waals surface area contributed by atoms with Crippen LogP contribution in [0, 0.1) is 0 Å². The van der Waals surface area contributed by atoms with E-state index in [4.69, 9.17) is 4.74 Å². The summed E-state index contributed by atoms with van der Waals surface area (Å²) in [7, 11) is 3.60. The Labute approximate surface area is 101 Å². The van der Waals surface area contributed by atoms with Crippen LogP contribution in [0.15, 0.2) is 24.4 Å². The third-order valence-electron chi connectivity index (χ3n) is 2.82. The molecule has 0 spiro atoms. The molecule has 0 saturated heterocycles. The number of fused-ring (bicyclic) bond motifs is 1. The number of ether oxygens (including phenoxy) is 1. The predicted octanol–water partition coefficient (Wildman–Crippen LogP) is 1.79. The monoisotopic (exact) mass is 231 g/mol. The van der Waals surface area contributed by atoms with Crippen LogP contribution in [-0.4, -0.2) is 30.2 Å². The zero-order valence-electron chi connectivity index (χ0n) is 10.4. The molecule has 0 aliphatic heterocycles. The number of aromatic nitrogens is 2. The normalized spacial score (nSPS) is 12.6. The Morgan fingerprint density at radius 2 is 2.24 bits per heavy atom. The number of methoxy groups -OCH3 is 1. The van der Waals surface area contributed by atoms with E-state index in [1.54, 1.807) is 7.11 Å². The van der Waals surface area contributed by atoms with Gasteiger partial charge in [0.2, 0.25) is 0 Å². The van der Waals surface area contributed by atoms with Crippen molar-refractivity contribution in [3.05, 3.63) is 30.2 Å². The maximum Gasteiger partial charge on any atom is 0.130 e. The molecule has 0 amide bonds. The SMILES string of the molecule is CNC(C)Cc1ncc2ccc(OC)cc2n1. The maximum atomic E-state index is 5.19. The van der Waals surface area contributed by atoms with E-state index in [0.29, 0.717) is 6.04 Å². The molecule has 4 nitrogen and oxygen atoms in total. The first kappa shape index (κ1) is 11.8. The van der Waals surface area contributed by atoms with Crippen molar-refractivity contribution in [1.29, 1.82) is 0 Å². The molecular weight excluding hydrogens is 214 g/mol. The standard InChI is InChI=1S/C13H17N3O/c1-9(14-2)6-13-15-8-10-4-5-11(17-3)7-12(10)16-13/h4-5,7-9,14H,6H2,1-3H3. The Hall–Kier alpha value is -1.68. The number of benzene rings is 1. The number of nitrogens with one attached hydrogen (secondary N) is 1. The highest BCUT2D eigenvalue weighted by Crippen LogP contribution is 2.18.